The van der Waals surface area contributed by atoms with E-state index in [0.29, 0.717) is 17.5 Å². The lowest BCUT2D eigenvalue weighted by molar-refractivity contribution is 0.800. The number of guanidine groups is 1. The van der Waals surface area contributed by atoms with E-state index in [0.717, 1.165) is 24.2 Å². The molecule has 6 heteroatoms. The van der Waals surface area contributed by atoms with Crippen LogP contribution in [0.1, 0.15) is 25.5 Å². The molecule has 0 saturated carbocycles. The van der Waals surface area contributed by atoms with Gasteiger partial charge in [-0.25, -0.2) is 5.43 Å². The molecular weight excluding hydrogens is 298 g/mol. The van der Waals surface area contributed by atoms with E-state index in [-0.39, 0.29) is 0 Å². The van der Waals surface area contributed by atoms with Crippen LogP contribution in [0, 0.1) is 0 Å². The Kier molecular flexibility index (Phi) is 6.03. The largest absolute Gasteiger partial charge is 0.369 e. The molecule has 0 unspecified atom stereocenters. The van der Waals surface area contributed by atoms with Crippen molar-refractivity contribution in [1.82, 2.24) is 9.99 Å². The molecule has 0 saturated heterocycles. The van der Waals surface area contributed by atoms with Crippen LogP contribution in [0.4, 0.5) is 0 Å². The van der Waals surface area contributed by atoms with E-state index >= 15 is 0 Å². The number of benzene rings is 1. The smallest absolute Gasteiger partial charge is 0.209 e. The first-order valence-electron chi connectivity index (χ1n) is 7.23. The molecule has 0 aliphatic carbocycles. The highest BCUT2D eigenvalue weighted by molar-refractivity contribution is 6.30. The van der Waals surface area contributed by atoms with Gasteiger partial charge >= 0.3 is 0 Å². The lowest BCUT2D eigenvalue weighted by atomic mass is 10.3. The number of aromatic nitrogens is 1. The van der Waals surface area contributed by atoms with E-state index < -0.39 is 0 Å². The summed E-state index contributed by atoms with van der Waals surface area (Å²) in [7, 11) is 0. The van der Waals surface area contributed by atoms with Gasteiger partial charge in [-0.15, -0.1) is 0 Å². The molecule has 1 aromatic heterocycles. The zero-order valence-electron chi connectivity index (χ0n) is 12.5. The average Bonchev–Trinajstić information content (AvgIpc) is 2.97. The number of nitrogens with zero attached hydrogens (tertiary/aromatic N) is 3. The SMILES string of the molecule is CCCCN=C(N)N/N=C/c1cccn1-c1ccc(Cl)cc1. The minimum absolute atomic E-state index is 0.328. The van der Waals surface area contributed by atoms with Crippen LogP contribution < -0.4 is 11.2 Å². The lowest BCUT2D eigenvalue weighted by Gasteiger charge is -2.06. The van der Waals surface area contributed by atoms with E-state index in [1.807, 2.05) is 47.2 Å². The minimum Gasteiger partial charge on any atom is -0.369 e. The van der Waals surface area contributed by atoms with E-state index in [2.05, 4.69) is 22.4 Å². The molecule has 22 heavy (non-hydrogen) atoms. The van der Waals surface area contributed by atoms with Gasteiger partial charge in [-0.2, -0.15) is 5.10 Å². The van der Waals surface area contributed by atoms with Crippen molar-refractivity contribution in [2.24, 2.45) is 15.8 Å². The summed E-state index contributed by atoms with van der Waals surface area (Å²) < 4.78 is 2.01. The third kappa shape index (κ3) is 4.63. The number of hydrogen-bond donors (Lipinski definition) is 2. The molecule has 0 aliphatic heterocycles. The second-order valence-corrected chi connectivity index (χ2v) is 5.21. The van der Waals surface area contributed by atoms with Gasteiger partial charge in [0.25, 0.3) is 0 Å². The van der Waals surface area contributed by atoms with Crippen LogP contribution in [-0.4, -0.2) is 23.3 Å². The minimum atomic E-state index is 0.328. The van der Waals surface area contributed by atoms with E-state index in [9.17, 15) is 0 Å². The zero-order valence-corrected chi connectivity index (χ0v) is 13.3. The Bertz CT molecular complexity index is 643. The molecule has 116 valence electrons. The van der Waals surface area contributed by atoms with Crippen LogP contribution >= 0.6 is 11.6 Å². The van der Waals surface area contributed by atoms with Crippen LogP contribution in [0.15, 0.2) is 52.7 Å². The van der Waals surface area contributed by atoms with Gasteiger partial charge in [0.2, 0.25) is 5.96 Å². The van der Waals surface area contributed by atoms with Crippen LogP contribution in [-0.2, 0) is 0 Å². The first kappa shape index (κ1) is 16.1. The van der Waals surface area contributed by atoms with Crippen LogP contribution in [0.3, 0.4) is 0 Å². The number of hydrazone groups is 1. The highest BCUT2D eigenvalue weighted by atomic mass is 35.5. The van der Waals surface area contributed by atoms with Crippen LogP contribution in [0.25, 0.3) is 5.69 Å². The molecule has 0 amide bonds. The van der Waals surface area contributed by atoms with Crippen LogP contribution in [0.2, 0.25) is 5.02 Å². The summed E-state index contributed by atoms with van der Waals surface area (Å²) in [6, 6.07) is 11.5. The second-order valence-electron chi connectivity index (χ2n) is 4.77. The Morgan fingerprint density at radius 1 is 1.32 bits per heavy atom. The third-order valence-corrected chi connectivity index (χ3v) is 3.31. The molecule has 0 spiro atoms. The molecule has 3 N–H and O–H groups in total. The average molecular weight is 318 g/mol. The Balaban J connectivity index is 2.02. The lowest BCUT2D eigenvalue weighted by Crippen LogP contribution is -2.27. The van der Waals surface area contributed by atoms with Gasteiger partial charge < -0.3 is 10.3 Å². The molecule has 2 rings (SSSR count). The summed E-state index contributed by atoms with van der Waals surface area (Å²) in [6.07, 6.45) is 5.78. The number of nitrogens with one attached hydrogen (secondary N) is 1. The third-order valence-electron chi connectivity index (χ3n) is 3.05. The van der Waals surface area contributed by atoms with Gasteiger partial charge in [-0.05, 0) is 42.8 Å². The maximum Gasteiger partial charge on any atom is 0.209 e. The maximum absolute atomic E-state index is 5.91. The van der Waals surface area contributed by atoms with Crippen molar-refractivity contribution in [1.29, 1.82) is 0 Å². The second kappa shape index (κ2) is 8.24. The Labute approximate surface area is 135 Å². The van der Waals surface area contributed by atoms with Crippen molar-refractivity contribution in [3.63, 3.8) is 0 Å². The number of nitrogens with two attached hydrogens (primary N) is 1. The Morgan fingerprint density at radius 3 is 2.82 bits per heavy atom. The summed E-state index contributed by atoms with van der Waals surface area (Å²) in [6.45, 7) is 2.83. The highest BCUT2D eigenvalue weighted by Gasteiger charge is 2.01. The van der Waals surface area contributed by atoms with Gasteiger partial charge in [0.15, 0.2) is 0 Å². The van der Waals surface area contributed by atoms with Crippen molar-refractivity contribution >= 4 is 23.8 Å². The summed E-state index contributed by atoms with van der Waals surface area (Å²) in [4.78, 5) is 4.17. The molecule has 0 fully saturated rings. The molecule has 0 aliphatic rings. The van der Waals surface area contributed by atoms with Crippen molar-refractivity contribution < 1.29 is 0 Å². The van der Waals surface area contributed by atoms with Gasteiger partial charge in [0.1, 0.15) is 0 Å². The summed E-state index contributed by atoms with van der Waals surface area (Å²) in [5, 5.41) is 4.83. The molecule has 2 aromatic rings. The summed E-state index contributed by atoms with van der Waals surface area (Å²) >= 11 is 5.91. The molecule has 0 radical (unpaired) electrons. The maximum atomic E-state index is 5.91. The number of aliphatic imine (C=N–C) groups is 1. The zero-order chi connectivity index (χ0) is 15.8. The number of hydrogen-bond acceptors (Lipinski definition) is 2. The Hall–Kier alpha value is -2.27. The van der Waals surface area contributed by atoms with Gasteiger partial charge in [0, 0.05) is 23.5 Å². The van der Waals surface area contributed by atoms with Gasteiger partial charge in [0.05, 0.1) is 11.9 Å². The summed E-state index contributed by atoms with van der Waals surface area (Å²) in [5.74, 6) is 0.328. The van der Waals surface area contributed by atoms with Gasteiger partial charge in [-0.1, -0.05) is 24.9 Å². The quantitative estimate of drug-likeness (QED) is 0.372. The standard InChI is InChI=1S/C16H20ClN5/c1-2-3-10-19-16(18)21-20-12-15-5-4-11-22(15)14-8-6-13(17)7-9-14/h4-9,11-12H,2-3,10H2,1H3,(H3,18,19,21)/b20-12+. The molecule has 5 nitrogen and oxygen atoms in total. The molecule has 1 heterocycles. The predicted molar refractivity (Wildman–Crippen MR) is 92.9 cm³/mol. The number of halogens is 1. The summed E-state index contributed by atoms with van der Waals surface area (Å²) in [5.41, 5.74) is 10.4. The van der Waals surface area contributed by atoms with Crippen LogP contribution in [0.5, 0.6) is 0 Å². The fourth-order valence-electron chi connectivity index (χ4n) is 1.89. The fourth-order valence-corrected chi connectivity index (χ4v) is 2.02. The van der Waals surface area contributed by atoms with E-state index in [1.54, 1.807) is 6.21 Å². The molecule has 0 bridgehead atoms. The van der Waals surface area contributed by atoms with Crippen molar-refractivity contribution in [3.05, 3.63) is 53.3 Å². The molecule has 1 aromatic carbocycles. The molecule has 0 atom stereocenters. The van der Waals surface area contributed by atoms with Gasteiger partial charge in [-0.3, -0.25) is 4.99 Å². The first-order chi connectivity index (χ1) is 10.7. The van der Waals surface area contributed by atoms with E-state index in [4.69, 9.17) is 17.3 Å². The number of rotatable bonds is 6. The van der Waals surface area contributed by atoms with Crippen molar-refractivity contribution in [2.75, 3.05) is 6.54 Å². The Morgan fingerprint density at radius 2 is 2.09 bits per heavy atom. The topological polar surface area (TPSA) is 67.7 Å². The number of unbranched alkanes of at least 4 members (excludes halogenated alkanes) is 1. The van der Waals surface area contributed by atoms with Crippen molar-refractivity contribution in [3.8, 4) is 5.69 Å². The monoisotopic (exact) mass is 317 g/mol. The highest BCUT2D eigenvalue weighted by Crippen LogP contribution is 2.15. The van der Waals surface area contributed by atoms with E-state index in [1.165, 1.54) is 0 Å². The normalized spacial score (nSPS) is 12.0. The predicted octanol–water partition coefficient (Wildman–Crippen LogP) is 3.17. The van der Waals surface area contributed by atoms with Crippen molar-refractivity contribution in [2.45, 2.75) is 19.8 Å². The molecular formula is C16H20ClN5. The fraction of sp³-hybridized carbons (Fsp3) is 0.250. The first-order valence-corrected chi connectivity index (χ1v) is 7.61.